The Morgan fingerprint density at radius 1 is 1.00 bits per heavy atom. The highest BCUT2D eigenvalue weighted by atomic mass is 33.1. The fraction of sp³-hybridized carbons (Fsp3) is 0.545. The van der Waals surface area contributed by atoms with Crippen LogP contribution in [0.3, 0.4) is 0 Å². The van der Waals surface area contributed by atoms with Crippen LogP contribution in [0.5, 0.6) is 0 Å². The molecule has 138 valence electrons. The van der Waals surface area contributed by atoms with Crippen molar-refractivity contribution in [2.45, 2.75) is 58.0 Å². The molecule has 0 aliphatic heterocycles. The third-order valence-corrected chi connectivity index (χ3v) is 10.1. The number of benzene rings is 1. The van der Waals surface area contributed by atoms with Crippen molar-refractivity contribution in [3.8, 4) is 0 Å². The summed E-state index contributed by atoms with van der Waals surface area (Å²) in [5, 5.41) is 0. The van der Waals surface area contributed by atoms with Crippen LogP contribution < -0.4 is 0 Å². The standard InChI is InChI=1S/C20H26OS2.C2H6/c1-14-17-12-11-16(13-18(14)17)19(2,3)22-23(21)20(4,5)15-9-7-6-8-10-15;1-2/h6-14,17-18H,1-5H3;1-2H3/t14?,17?,18?,23-;/m0./s1. The molecule has 0 spiro atoms. The molecule has 1 fully saturated rings. The van der Waals surface area contributed by atoms with Crippen LogP contribution in [-0.2, 0) is 14.6 Å². The van der Waals surface area contributed by atoms with Crippen molar-refractivity contribution in [3.05, 3.63) is 59.7 Å². The molecule has 2 aliphatic carbocycles. The van der Waals surface area contributed by atoms with Gasteiger partial charge in [0.05, 0.1) is 14.6 Å². The Bertz CT molecular complexity index is 671. The van der Waals surface area contributed by atoms with Gasteiger partial charge in [-0.2, -0.15) is 0 Å². The fourth-order valence-corrected chi connectivity index (χ4v) is 6.73. The molecule has 3 unspecified atom stereocenters. The van der Waals surface area contributed by atoms with Gasteiger partial charge in [-0.25, -0.2) is 4.21 Å². The molecule has 3 heteroatoms. The van der Waals surface area contributed by atoms with Crippen molar-refractivity contribution >= 4 is 20.6 Å². The van der Waals surface area contributed by atoms with E-state index in [1.165, 1.54) is 5.57 Å². The summed E-state index contributed by atoms with van der Waals surface area (Å²) in [6, 6.07) is 10.2. The maximum atomic E-state index is 13.1. The van der Waals surface area contributed by atoms with Gasteiger partial charge < -0.3 is 0 Å². The highest BCUT2D eigenvalue weighted by molar-refractivity contribution is 8.70. The van der Waals surface area contributed by atoms with Crippen molar-refractivity contribution < 1.29 is 4.21 Å². The Hall–Kier alpha value is -0.800. The summed E-state index contributed by atoms with van der Waals surface area (Å²) >= 11 is 0. The zero-order chi connectivity index (χ0) is 18.8. The van der Waals surface area contributed by atoms with Gasteiger partial charge >= 0.3 is 0 Å². The lowest BCUT2D eigenvalue weighted by atomic mass is 9.96. The van der Waals surface area contributed by atoms with Crippen LogP contribution in [0.4, 0.5) is 0 Å². The molecular formula is C22H32OS2. The zero-order valence-corrected chi connectivity index (χ0v) is 18.2. The molecule has 25 heavy (non-hydrogen) atoms. The normalized spacial score (nSPS) is 26.0. The van der Waals surface area contributed by atoms with Crippen LogP contribution in [0, 0.1) is 17.8 Å². The summed E-state index contributed by atoms with van der Waals surface area (Å²) in [4.78, 5) is 0. The lowest BCUT2D eigenvalue weighted by Gasteiger charge is -2.31. The molecule has 0 aromatic heterocycles. The van der Waals surface area contributed by atoms with Gasteiger partial charge in [0.1, 0.15) is 0 Å². The van der Waals surface area contributed by atoms with Gasteiger partial charge in [-0.1, -0.05) is 69.3 Å². The molecule has 1 saturated carbocycles. The first-order valence-corrected chi connectivity index (χ1v) is 11.8. The van der Waals surface area contributed by atoms with Crippen molar-refractivity contribution in [1.29, 1.82) is 0 Å². The lowest BCUT2D eigenvalue weighted by molar-refractivity contribution is 0.654. The molecule has 1 aromatic carbocycles. The molecule has 0 bridgehead atoms. The Morgan fingerprint density at radius 3 is 2.16 bits per heavy atom. The summed E-state index contributed by atoms with van der Waals surface area (Å²) < 4.78 is 12.6. The second kappa shape index (κ2) is 7.84. The van der Waals surface area contributed by atoms with E-state index in [2.05, 4.69) is 65.0 Å². The van der Waals surface area contributed by atoms with Crippen LogP contribution >= 0.6 is 10.8 Å². The van der Waals surface area contributed by atoms with E-state index in [0.29, 0.717) is 5.92 Å². The van der Waals surface area contributed by atoms with E-state index in [9.17, 15) is 4.21 Å². The predicted octanol–water partition coefficient (Wildman–Crippen LogP) is 6.50. The van der Waals surface area contributed by atoms with Crippen molar-refractivity contribution in [1.82, 2.24) is 0 Å². The molecule has 0 amide bonds. The van der Waals surface area contributed by atoms with E-state index < -0.39 is 9.83 Å². The number of hydrogen-bond acceptors (Lipinski definition) is 2. The van der Waals surface area contributed by atoms with Gasteiger partial charge in [-0.05, 0) is 67.4 Å². The minimum atomic E-state index is -1.02. The van der Waals surface area contributed by atoms with Crippen LogP contribution in [0.2, 0.25) is 0 Å². The second-order valence-electron chi connectivity index (χ2n) is 7.70. The summed E-state index contributed by atoms with van der Waals surface area (Å²) in [7, 11) is 0.568. The Morgan fingerprint density at radius 2 is 1.60 bits per heavy atom. The summed E-state index contributed by atoms with van der Waals surface area (Å²) in [6.07, 6.45) is 7.01. The molecule has 0 N–H and O–H groups in total. The highest BCUT2D eigenvalue weighted by Crippen LogP contribution is 2.53. The van der Waals surface area contributed by atoms with Crippen molar-refractivity contribution in [2.75, 3.05) is 0 Å². The van der Waals surface area contributed by atoms with Crippen LogP contribution in [0.1, 0.15) is 54.0 Å². The fourth-order valence-electron chi connectivity index (χ4n) is 3.25. The average molecular weight is 377 g/mol. The summed E-state index contributed by atoms with van der Waals surface area (Å²) in [5.74, 6) is 2.21. The first kappa shape index (κ1) is 20.5. The number of rotatable bonds is 5. The number of allylic oxidation sites excluding steroid dienone is 3. The Balaban J connectivity index is 0.00000109. The first-order chi connectivity index (χ1) is 11.7. The quantitative estimate of drug-likeness (QED) is 0.545. The molecule has 2 aliphatic rings. The van der Waals surface area contributed by atoms with Gasteiger partial charge in [-0.15, -0.1) is 0 Å². The molecule has 4 atom stereocenters. The smallest absolute Gasteiger partial charge is 0.0914 e. The van der Waals surface area contributed by atoms with E-state index in [1.807, 2.05) is 32.0 Å². The molecule has 1 nitrogen and oxygen atoms in total. The lowest BCUT2D eigenvalue weighted by Crippen LogP contribution is -2.27. The summed E-state index contributed by atoms with van der Waals surface area (Å²) in [5.41, 5.74) is 2.45. The van der Waals surface area contributed by atoms with E-state index >= 15 is 0 Å². The molecule has 1 aromatic rings. The molecule has 0 radical (unpaired) electrons. The zero-order valence-electron chi connectivity index (χ0n) is 16.6. The van der Waals surface area contributed by atoms with Crippen LogP contribution in [0.15, 0.2) is 54.1 Å². The van der Waals surface area contributed by atoms with E-state index in [0.717, 1.165) is 17.4 Å². The highest BCUT2D eigenvalue weighted by Gasteiger charge is 2.46. The monoisotopic (exact) mass is 376 g/mol. The van der Waals surface area contributed by atoms with Gasteiger partial charge in [0.15, 0.2) is 0 Å². The third-order valence-electron chi connectivity index (χ3n) is 5.25. The van der Waals surface area contributed by atoms with E-state index in [4.69, 9.17) is 0 Å². The maximum Gasteiger partial charge on any atom is 0.0914 e. The SMILES string of the molecule is CC.CC1C2C=CC(C(C)(C)S[S@](=O)C(C)(C)c3ccccc3)=CC12. The molecular weight excluding hydrogens is 344 g/mol. The van der Waals surface area contributed by atoms with Gasteiger partial charge in [0.25, 0.3) is 0 Å². The molecule has 0 heterocycles. The van der Waals surface area contributed by atoms with E-state index in [1.54, 1.807) is 10.8 Å². The van der Waals surface area contributed by atoms with E-state index in [-0.39, 0.29) is 9.49 Å². The van der Waals surface area contributed by atoms with Gasteiger partial charge in [0, 0.05) is 4.75 Å². The van der Waals surface area contributed by atoms with Crippen LogP contribution in [0.25, 0.3) is 0 Å². The van der Waals surface area contributed by atoms with Gasteiger partial charge in [0.2, 0.25) is 0 Å². The van der Waals surface area contributed by atoms with Crippen LogP contribution in [-0.4, -0.2) is 8.96 Å². The van der Waals surface area contributed by atoms with Gasteiger partial charge in [-0.3, -0.25) is 0 Å². The molecule has 3 rings (SSSR count). The number of hydrogen-bond donors (Lipinski definition) is 0. The summed E-state index contributed by atoms with van der Waals surface area (Å²) in [6.45, 7) is 14.9. The minimum Gasteiger partial charge on any atom is -0.247 e. The topological polar surface area (TPSA) is 17.1 Å². The maximum absolute atomic E-state index is 13.1. The first-order valence-electron chi connectivity index (χ1n) is 9.31. The second-order valence-corrected chi connectivity index (χ2v) is 11.8. The third kappa shape index (κ3) is 4.31. The Labute approximate surface area is 160 Å². The van der Waals surface area contributed by atoms with Crippen molar-refractivity contribution in [3.63, 3.8) is 0 Å². The average Bonchev–Trinajstić information content (AvgIpc) is 3.26. The van der Waals surface area contributed by atoms with Crippen molar-refractivity contribution in [2.24, 2.45) is 17.8 Å². The number of fused-ring (bicyclic) bond motifs is 1. The largest absolute Gasteiger partial charge is 0.247 e. The Kier molecular flexibility index (Phi) is 6.43. The molecule has 0 saturated heterocycles. The predicted molar refractivity (Wildman–Crippen MR) is 114 cm³/mol. The minimum absolute atomic E-state index is 0.138.